The fourth-order valence-electron chi connectivity index (χ4n) is 4.04. The molecule has 4 aliphatic heterocycles. The van der Waals surface area contributed by atoms with E-state index in [2.05, 4.69) is 20.4 Å². The molecule has 1 aromatic carbocycles. The minimum Gasteiger partial charge on any atom is -0.422 e. The first-order chi connectivity index (χ1) is 10.8. The number of aromatic nitrogens is 1. The zero-order valence-electron chi connectivity index (χ0n) is 12.3. The predicted octanol–water partition coefficient (Wildman–Crippen LogP) is 2.25. The van der Waals surface area contributed by atoms with E-state index in [1.807, 2.05) is 24.3 Å². The highest BCUT2D eigenvalue weighted by molar-refractivity contribution is 5.86. The molecule has 4 aliphatic rings. The Kier molecular flexibility index (Phi) is 2.60. The van der Waals surface area contributed by atoms with Crippen molar-refractivity contribution in [3.8, 4) is 0 Å². The average Bonchev–Trinajstić information content (AvgIpc) is 3.12. The number of aliphatic imine (C=N–C) groups is 1. The molecule has 1 atom stereocenters. The molecular weight excluding hydrogens is 280 g/mol. The van der Waals surface area contributed by atoms with E-state index in [0.717, 1.165) is 29.9 Å². The highest BCUT2D eigenvalue weighted by Gasteiger charge is 2.52. The maximum absolute atomic E-state index is 5.98. The summed E-state index contributed by atoms with van der Waals surface area (Å²) in [5.41, 5.74) is 4.50. The van der Waals surface area contributed by atoms with Gasteiger partial charge in [0, 0.05) is 13.0 Å². The molecule has 2 bridgehead atoms. The molecule has 6 heteroatoms. The molecule has 0 amide bonds. The number of hydrogen-bond acceptors (Lipinski definition) is 5. The summed E-state index contributed by atoms with van der Waals surface area (Å²) in [5, 5.41) is 0. The molecule has 1 spiro atoms. The summed E-state index contributed by atoms with van der Waals surface area (Å²) in [4.78, 5) is 17.4. The number of fused-ring (bicyclic) bond motifs is 3. The summed E-state index contributed by atoms with van der Waals surface area (Å²) in [6, 6.07) is 8.10. The number of oxazole rings is 1. The van der Waals surface area contributed by atoms with Crippen molar-refractivity contribution in [1.82, 2.24) is 15.4 Å². The van der Waals surface area contributed by atoms with Crippen molar-refractivity contribution >= 4 is 22.9 Å². The quantitative estimate of drug-likeness (QED) is 0.875. The van der Waals surface area contributed by atoms with E-state index in [1.54, 1.807) is 0 Å². The van der Waals surface area contributed by atoms with Gasteiger partial charge in [0.2, 0.25) is 0 Å². The van der Waals surface area contributed by atoms with Crippen molar-refractivity contribution in [3.63, 3.8) is 0 Å². The monoisotopic (exact) mass is 298 g/mol. The van der Waals surface area contributed by atoms with Crippen molar-refractivity contribution < 1.29 is 9.25 Å². The summed E-state index contributed by atoms with van der Waals surface area (Å²) in [7, 11) is 0. The Hall–Kier alpha value is -1.92. The Morgan fingerprint density at radius 2 is 2.14 bits per heavy atom. The van der Waals surface area contributed by atoms with Crippen molar-refractivity contribution in [2.45, 2.75) is 24.9 Å². The Labute approximate surface area is 128 Å². The van der Waals surface area contributed by atoms with Crippen molar-refractivity contribution in [2.75, 3.05) is 19.6 Å². The van der Waals surface area contributed by atoms with Gasteiger partial charge in [-0.2, -0.15) is 9.98 Å². The lowest BCUT2D eigenvalue weighted by Gasteiger charge is -2.49. The number of para-hydroxylation sites is 2. The van der Waals surface area contributed by atoms with Crippen LogP contribution < -0.4 is 5.48 Å². The molecule has 0 radical (unpaired) electrons. The van der Waals surface area contributed by atoms with Gasteiger partial charge in [0.1, 0.15) is 17.0 Å². The first kappa shape index (κ1) is 12.6. The first-order valence-electron chi connectivity index (χ1n) is 7.90. The lowest BCUT2D eigenvalue weighted by Crippen LogP contribution is -2.59. The van der Waals surface area contributed by atoms with Crippen molar-refractivity contribution in [2.24, 2.45) is 10.9 Å². The van der Waals surface area contributed by atoms with Crippen LogP contribution >= 0.6 is 0 Å². The van der Waals surface area contributed by atoms with Gasteiger partial charge in [0.25, 0.3) is 0 Å². The maximum Gasteiger partial charge on any atom is 0.324 e. The highest BCUT2D eigenvalue weighted by Crippen LogP contribution is 2.42. The second-order valence-corrected chi connectivity index (χ2v) is 6.52. The smallest absolute Gasteiger partial charge is 0.324 e. The second kappa shape index (κ2) is 4.54. The summed E-state index contributed by atoms with van der Waals surface area (Å²) in [5.74, 6) is 1.45. The molecular formula is C16H18N4O2. The Morgan fingerprint density at radius 1 is 1.27 bits per heavy atom. The van der Waals surface area contributed by atoms with Crippen LogP contribution in [0, 0.1) is 5.92 Å². The molecule has 1 unspecified atom stereocenters. The topological polar surface area (TPSA) is 62.9 Å². The third-order valence-electron chi connectivity index (χ3n) is 5.17. The lowest BCUT2D eigenvalue weighted by molar-refractivity contribution is -0.150. The van der Waals surface area contributed by atoms with E-state index in [-0.39, 0.29) is 5.60 Å². The molecule has 1 aromatic heterocycles. The van der Waals surface area contributed by atoms with Gasteiger partial charge in [-0.05, 0) is 44.0 Å². The SMILES string of the molecule is c1ccc2oc(/N=C3/CC4(CN5CCC4CC5)ON3)nc2c1. The fraction of sp³-hybridized carbons (Fsp3) is 0.500. The van der Waals surface area contributed by atoms with Crippen LogP contribution in [0.5, 0.6) is 0 Å². The van der Waals surface area contributed by atoms with Crippen LogP contribution in [-0.4, -0.2) is 41.0 Å². The number of hydroxylamine groups is 1. The summed E-state index contributed by atoms with van der Waals surface area (Å²) in [6.45, 7) is 3.40. The number of rotatable bonds is 1. The number of amidine groups is 1. The van der Waals surface area contributed by atoms with Crippen LogP contribution in [0.4, 0.5) is 6.01 Å². The zero-order valence-corrected chi connectivity index (χ0v) is 12.3. The lowest BCUT2D eigenvalue weighted by atomic mass is 9.74. The van der Waals surface area contributed by atoms with Gasteiger partial charge in [0.05, 0.1) is 0 Å². The molecule has 1 N–H and O–H groups in total. The Balaban J connectivity index is 1.42. The third kappa shape index (κ3) is 1.87. The molecule has 6 rings (SSSR count). The van der Waals surface area contributed by atoms with Crippen LogP contribution in [0.25, 0.3) is 11.1 Å². The molecule has 6 nitrogen and oxygen atoms in total. The van der Waals surface area contributed by atoms with Gasteiger partial charge >= 0.3 is 6.01 Å². The summed E-state index contributed by atoms with van der Waals surface area (Å²) in [6.07, 6.45) is 3.25. The Bertz CT molecular complexity index is 714. The van der Waals surface area contributed by atoms with Gasteiger partial charge in [0.15, 0.2) is 5.58 Å². The molecule has 22 heavy (non-hydrogen) atoms. The van der Waals surface area contributed by atoms with Crippen molar-refractivity contribution in [3.05, 3.63) is 24.3 Å². The molecule has 4 saturated heterocycles. The van der Waals surface area contributed by atoms with Crippen LogP contribution in [0.15, 0.2) is 33.7 Å². The van der Waals surface area contributed by atoms with E-state index in [4.69, 9.17) is 9.25 Å². The third-order valence-corrected chi connectivity index (χ3v) is 5.17. The number of nitrogens with one attached hydrogen (secondary N) is 1. The minimum atomic E-state index is -0.110. The normalized spacial score (nSPS) is 35.5. The van der Waals surface area contributed by atoms with E-state index in [1.165, 1.54) is 25.9 Å². The van der Waals surface area contributed by atoms with Gasteiger partial charge in [-0.25, -0.2) is 0 Å². The van der Waals surface area contributed by atoms with Gasteiger partial charge in [-0.3, -0.25) is 10.3 Å². The number of nitrogens with zero attached hydrogens (tertiary/aromatic N) is 3. The van der Waals surface area contributed by atoms with Crippen molar-refractivity contribution in [1.29, 1.82) is 0 Å². The van der Waals surface area contributed by atoms with Crippen LogP contribution in [0.3, 0.4) is 0 Å². The van der Waals surface area contributed by atoms with Gasteiger partial charge in [-0.15, -0.1) is 0 Å². The molecule has 0 saturated carbocycles. The average molecular weight is 298 g/mol. The largest absolute Gasteiger partial charge is 0.422 e. The fourth-order valence-corrected chi connectivity index (χ4v) is 4.04. The molecule has 2 aromatic rings. The molecule has 5 heterocycles. The summed E-state index contributed by atoms with van der Waals surface area (Å²) < 4.78 is 5.66. The number of piperidine rings is 3. The van der Waals surface area contributed by atoms with Crippen LogP contribution in [0.2, 0.25) is 0 Å². The molecule has 114 valence electrons. The predicted molar refractivity (Wildman–Crippen MR) is 81.8 cm³/mol. The standard InChI is InChI=1S/C16H18N4O2/c1-2-4-13-12(3-1)17-15(21-13)18-14-9-16(22-19-14)10-20-7-5-11(16)6-8-20/h1-4,11H,5-10H2,(H,17,18,19). The molecule has 0 aliphatic carbocycles. The van der Waals surface area contributed by atoms with Gasteiger partial charge in [-0.1, -0.05) is 12.1 Å². The second-order valence-electron chi connectivity index (χ2n) is 6.52. The molecule has 4 fully saturated rings. The minimum absolute atomic E-state index is 0.110. The number of hydrogen-bond donors (Lipinski definition) is 1. The van der Waals surface area contributed by atoms with Gasteiger partial charge < -0.3 is 9.32 Å². The van der Waals surface area contributed by atoms with E-state index in [9.17, 15) is 0 Å². The van der Waals surface area contributed by atoms with Crippen LogP contribution in [0.1, 0.15) is 19.3 Å². The maximum atomic E-state index is 5.98. The Morgan fingerprint density at radius 3 is 2.91 bits per heavy atom. The zero-order chi connectivity index (χ0) is 14.6. The number of benzene rings is 1. The first-order valence-corrected chi connectivity index (χ1v) is 7.90. The van der Waals surface area contributed by atoms with E-state index in [0.29, 0.717) is 11.9 Å². The van der Waals surface area contributed by atoms with E-state index >= 15 is 0 Å². The highest BCUT2D eigenvalue weighted by atomic mass is 16.7. The van der Waals surface area contributed by atoms with Crippen LogP contribution in [-0.2, 0) is 4.84 Å². The van der Waals surface area contributed by atoms with E-state index < -0.39 is 0 Å². The summed E-state index contributed by atoms with van der Waals surface area (Å²) >= 11 is 0.